The summed E-state index contributed by atoms with van der Waals surface area (Å²) in [5.41, 5.74) is 3.76. The Bertz CT molecular complexity index is 588. The van der Waals surface area contributed by atoms with Crippen molar-refractivity contribution in [3.05, 3.63) is 41.7 Å². The van der Waals surface area contributed by atoms with Gasteiger partial charge in [-0.1, -0.05) is 23.9 Å². The van der Waals surface area contributed by atoms with Crippen LogP contribution in [-0.4, -0.2) is 28.0 Å². The van der Waals surface area contributed by atoms with Crippen molar-refractivity contribution in [2.75, 3.05) is 12.4 Å². The molecule has 20 heavy (non-hydrogen) atoms. The van der Waals surface area contributed by atoms with Crippen LogP contribution in [-0.2, 0) is 4.74 Å². The number of aromatic nitrogens is 2. The molecule has 4 heteroatoms. The molecule has 0 radical (unpaired) electrons. The maximum Gasteiger partial charge on any atom is 0.172 e. The number of aryl methyl sites for hydroxylation is 2. The summed E-state index contributed by atoms with van der Waals surface area (Å²) < 4.78 is 7.86. The molecule has 0 amide bonds. The smallest absolute Gasteiger partial charge is 0.172 e. The van der Waals surface area contributed by atoms with E-state index in [9.17, 15) is 0 Å². The summed E-state index contributed by atoms with van der Waals surface area (Å²) in [6.45, 7) is 5.18. The number of benzene rings is 1. The van der Waals surface area contributed by atoms with E-state index in [1.165, 1.54) is 29.7 Å². The maximum absolute atomic E-state index is 5.68. The van der Waals surface area contributed by atoms with Gasteiger partial charge < -0.3 is 4.74 Å². The Kier molecular flexibility index (Phi) is 4.13. The van der Waals surface area contributed by atoms with Gasteiger partial charge in [0.25, 0.3) is 0 Å². The van der Waals surface area contributed by atoms with Crippen molar-refractivity contribution in [2.24, 2.45) is 0 Å². The minimum atomic E-state index is 0.392. The summed E-state index contributed by atoms with van der Waals surface area (Å²) in [5.74, 6) is 0.988. The van der Waals surface area contributed by atoms with Crippen molar-refractivity contribution in [2.45, 2.75) is 37.9 Å². The van der Waals surface area contributed by atoms with E-state index in [4.69, 9.17) is 4.74 Å². The van der Waals surface area contributed by atoms with E-state index >= 15 is 0 Å². The lowest BCUT2D eigenvalue weighted by Crippen LogP contribution is -2.09. The van der Waals surface area contributed by atoms with Crippen LogP contribution < -0.4 is 0 Å². The molecule has 1 aromatic heterocycles. The molecule has 1 unspecified atom stereocenters. The number of hydrogen-bond donors (Lipinski definition) is 0. The predicted octanol–water partition coefficient (Wildman–Crippen LogP) is 3.76. The molecule has 0 saturated carbocycles. The lowest BCUT2D eigenvalue weighted by Gasteiger charge is -2.13. The second-order valence-electron chi connectivity index (χ2n) is 5.32. The molecule has 0 aliphatic carbocycles. The normalized spacial score (nSPS) is 18.6. The molecule has 2 aromatic rings. The Hall–Kier alpha value is -1.26. The number of hydrogen-bond acceptors (Lipinski definition) is 3. The number of nitrogens with zero attached hydrogens (tertiary/aromatic N) is 2. The standard InChI is InChI=1S/C16H20N2OS/c1-12-5-6-13(2)15(10-12)18-8-7-17-16(18)20-11-14-4-3-9-19-14/h5-8,10,14H,3-4,9,11H2,1-2H3. The molecule has 0 bridgehead atoms. The summed E-state index contributed by atoms with van der Waals surface area (Å²) >= 11 is 1.79. The Balaban J connectivity index is 1.80. The summed E-state index contributed by atoms with van der Waals surface area (Å²) in [5, 5.41) is 1.05. The molecule has 1 aliphatic heterocycles. The molecule has 3 nitrogen and oxygen atoms in total. The lowest BCUT2D eigenvalue weighted by molar-refractivity contribution is 0.129. The van der Waals surface area contributed by atoms with E-state index in [1.807, 2.05) is 12.4 Å². The van der Waals surface area contributed by atoms with Crippen molar-refractivity contribution in [3.8, 4) is 5.69 Å². The van der Waals surface area contributed by atoms with E-state index in [0.29, 0.717) is 6.10 Å². The molecule has 0 N–H and O–H groups in total. The summed E-state index contributed by atoms with van der Waals surface area (Å²) in [7, 11) is 0. The van der Waals surface area contributed by atoms with Gasteiger partial charge in [0, 0.05) is 24.8 Å². The largest absolute Gasteiger partial charge is 0.377 e. The highest BCUT2D eigenvalue weighted by Crippen LogP contribution is 2.26. The molecule has 2 heterocycles. The summed E-state index contributed by atoms with van der Waals surface area (Å²) in [6, 6.07) is 6.53. The van der Waals surface area contributed by atoms with Crippen molar-refractivity contribution < 1.29 is 4.74 Å². The van der Waals surface area contributed by atoms with E-state index in [0.717, 1.165) is 17.5 Å². The first-order chi connectivity index (χ1) is 9.74. The summed E-state index contributed by atoms with van der Waals surface area (Å²) in [6.07, 6.45) is 6.68. The molecular weight excluding hydrogens is 268 g/mol. The van der Waals surface area contributed by atoms with Crippen LogP contribution in [0.2, 0.25) is 0 Å². The fourth-order valence-electron chi connectivity index (χ4n) is 2.50. The zero-order valence-corrected chi connectivity index (χ0v) is 12.8. The highest BCUT2D eigenvalue weighted by atomic mass is 32.2. The zero-order chi connectivity index (χ0) is 13.9. The van der Waals surface area contributed by atoms with Gasteiger partial charge in [0.05, 0.1) is 11.8 Å². The van der Waals surface area contributed by atoms with Gasteiger partial charge in [-0.25, -0.2) is 4.98 Å². The monoisotopic (exact) mass is 288 g/mol. The molecule has 3 rings (SSSR count). The van der Waals surface area contributed by atoms with Crippen LogP contribution >= 0.6 is 11.8 Å². The lowest BCUT2D eigenvalue weighted by atomic mass is 10.1. The molecule has 1 atom stereocenters. The number of thioether (sulfide) groups is 1. The number of imidazole rings is 1. The van der Waals surface area contributed by atoms with Crippen LogP contribution in [0, 0.1) is 13.8 Å². The maximum atomic E-state index is 5.68. The van der Waals surface area contributed by atoms with Gasteiger partial charge in [0.15, 0.2) is 5.16 Å². The van der Waals surface area contributed by atoms with Crippen molar-refractivity contribution in [1.82, 2.24) is 9.55 Å². The van der Waals surface area contributed by atoms with Gasteiger partial charge in [-0.15, -0.1) is 0 Å². The summed E-state index contributed by atoms with van der Waals surface area (Å²) in [4.78, 5) is 4.49. The molecule has 106 valence electrons. The Morgan fingerprint density at radius 1 is 1.40 bits per heavy atom. The van der Waals surface area contributed by atoms with E-state index in [-0.39, 0.29) is 0 Å². The minimum absolute atomic E-state index is 0.392. The number of ether oxygens (including phenoxy) is 1. The minimum Gasteiger partial charge on any atom is -0.377 e. The SMILES string of the molecule is Cc1ccc(C)c(-n2ccnc2SCC2CCCO2)c1. The van der Waals surface area contributed by atoms with Gasteiger partial charge >= 0.3 is 0 Å². The Morgan fingerprint density at radius 3 is 3.10 bits per heavy atom. The molecule has 1 saturated heterocycles. The number of rotatable bonds is 4. The Morgan fingerprint density at radius 2 is 2.30 bits per heavy atom. The third-order valence-corrected chi connectivity index (χ3v) is 4.75. The Labute approximate surface area is 124 Å². The predicted molar refractivity (Wildman–Crippen MR) is 82.7 cm³/mol. The van der Waals surface area contributed by atoms with Crippen molar-refractivity contribution in [3.63, 3.8) is 0 Å². The van der Waals surface area contributed by atoms with E-state index in [1.54, 1.807) is 11.8 Å². The first-order valence-electron chi connectivity index (χ1n) is 7.09. The average Bonchev–Trinajstić information content (AvgIpc) is 3.09. The zero-order valence-electron chi connectivity index (χ0n) is 12.0. The second kappa shape index (κ2) is 6.02. The molecule has 0 spiro atoms. The fraction of sp³-hybridized carbons (Fsp3) is 0.438. The fourth-order valence-corrected chi connectivity index (χ4v) is 3.53. The van der Waals surface area contributed by atoms with Crippen LogP contribution in [0.1, 0.15) is 24.0 Å². The van der Waals surface area contributed by atoms with Gasteiger partial charge in [-0.2, -0.15) is 0 Å². The van der Waals surface area contributed by atoms with Crippen molar-refractivity contribution >= 4 is 11.8 Å². The first-order valence-corrected chi connectivity index (χ1v) is 8.08. The third kappa shape index (κ3) is 2.91. The molecule has 1 aromatic carbocycles. The van der Waals surface area contributed by atoms with Gasteiger partial charge in [-0.05, 0) is 43.9 Å². The van der Waals surface area contributed by atoms with Gasteiger partial charge in [0.1, 0.15) is 0 Å². The van der Waals surface area contributed by atoms with Gasteiger partial charge in [0.2, 0.25) is 0 Å². The second-order valence-corrected chi connectivity index (χ2v) is 6.30. The first kappa shape index (κ1) is 13.7. The van der Waals surface area contributed by atoms with Crippen LogP contribution in [0.4, 0.5) is 0 Å². The van der Waals surface area contributed by atoms with Crippen LogP contribution in [0.25, 0.3) is 5.69 Å². The van der Waals surface area contributed by atoms with Crippen LogP contribution in [0.15, 0.2) is 35.7 Å². The third-order valence-electron chi connectivity index (χ3n) is 3.65. The van der Waals surface area contributed by atoms with Gasteiger partial charge in [-0.3, -0.25) is 4.57 Å². The van der Waals surface area contributed by atoms with Crippen LogP contribution in [0.5, 0.6) is 0 Å². The molecule has 1 aliphatic rings. The highest BCUT2D eigenvalue weighted by molar-refractivity contribution is 7.99. The molecular formula is C16H20N2OS. The van der Waals surface area contributed by atoms with Crippen LogP contribution in [0.3, 0.4) is 0 Å². The average molecular weight is 288 g/mol. The van der Waals surface area contributed by atoms with E-state index in [2.05, 4.69) is 41.6 Å². The van der Waals surface area contributed by atoms with Crippen molar-refractivity contribution in [1.29, 1.82) is 0 Å². The highest BCUT2D eigenvalue weighted by Gasteiger charge is 2.17. The topological polar surface area (TPSA) is 27.1 Å². The molecule has 1 fully saturated rings. The quantitative estimate of drug-likeness (QED) is 0.802. The van der Waals surface area contributed by atoms with E-state index < -0.39 is 0 Å².